The molecule has 1 aromatic rings. The minimum atomic E-state index is -0.944. The SMILES string of the molecule is CCCC(Oc1cc(CNC2CC2)ccc1OC)C(=O)O. The Kier molecular flexibility index (Phi) is 5.44. The minimum Gasteiger partial charge on any atom is -0.493 e. The Labute approximate surface area is 125 Å². The van der Waals surface area contributed by atoms with Gasteiger partial charge < -0.3 is 19.9 Å². The Hall–Kier alpha value is -1.75. The highest BCUT2D eigenvalue weighted by molar-refractivity contribution is 5.72. The van der Waals surface area contributed by atoms with E-state index in [1.807, 2.05) is 25.1 Å². The fraction of sp³-hybridized carbons (Fsp3) is 0.562. The number of carbonyl (C=O) groups is 1. The van der Waals surface area contributed by atoms with Gasteiger partial charge in [0.15, 0.2) is 17.6 Å². The van der Waals surface area contributed by atoms with Crippen LogP contribution < -0.4 is 14.8 Å². The van der Waals surface area contributed by atoms with Gasteiger partial charge in [-0.05, 0) is 37.0 Å². The Morgan fingerprint density at radius 3 is 2.76 bits per heavy atom. The molecule has 0 spiro atoms. The van der Waals surface area contributed by atoms with Gasteiger partial charge >= 0.3 is 5.97 Å². The van der Waals surface area contributed by atoms with Crippen molar-refractivity contribution in [1.29, 1.82) is 0 Å². The van der Waals surface area contributed by atoms with Crippen LogP contribution in [-0.2, 0) is 11.3 Å². The van der Waals surface area contributed by atoms with Gasteiger partial charge in [-0.3, -0.25) is 0 Å². The molecule has 0 aromatic heterocycles. The molecular formula is C16H23NO4. The molecule has 0 amide bonds. The van der Waals surface area contributed by atoms with E-state index in [2.05, 4.69) is 5.32 Å². The third-order valence-corrected chi connectivity index (χ3v) is 3.50. The summed E-state index contributed by atoms with van der Waals surface area (Å²) >= 11 is 0. The van der Waals surface area contributed by atoms with Gasteiger partial charge in [-0.1, -0.05) is 19.4 Å². The summed E-state index contributed by atoms with van der Waals surface area (Å²) in [5.74, 6) is 0.112. The van der Waals surface area contributed by atoms with Gasteiger partial charge in [0.05, 0.1) is 7.11 Å². The molecule has 1 saturated carbocycles. The lowest BCUT2D eigenvalue weighted by molar-refractivity contribution is -0.145. The molecule has 0 saturated heterocycles. The van der Waals surface area contributed by atoms with Crippen molar-refractivity contribution in [2.45, 2.75) is 51.3 Å². The molecule has 5 heteroatoms. The van der Waals surface area contributed by atoms with Crippen LogP contribution in [0.5, 0.6) is 11.5 Å². The Balaban J connectivity index is 2.09. The number of hydrogen-bond acceptors (Lipinski definition) is 4. The Morgan fingerprint density at radius 2 is 2.19 bits per heavy atom. The Morgan fingerprint density at radius 1 is 1.43 bits per heavy atom. The van der Waals surface area contributed by atoms with Crippen LogP contribution in [-0.4, -0.2) is 30.3 Å². The second-order valence-electron chi connectivity index (χ2n) is 5.37. The summed E-state index contributed by atoms with van der Waals surface area (Å²) in [6, 6.07) is 6.28. The highest BCUT2D eigenvalue weighted by atomic mass is 16.5. The number of carboxylic acid groups (broad SMARTS) is 1. The van der Waals surface area contributed by atoms with Gasteiger partial charge in [-0.2, -0.15) is 0 Å². The highest BCUT2D eigenvalue weighted by Crippen LogP contribution is 2.30. The van der Waals surface area contributed by atoms with Crippen LogP contribution in [0.25, 0.3) is 0 Å². The number of methoxy groups -OCH3 is 1. The van der Waals surface area contributed by atoms with E-state index in [9.17, 15) is 9.90 Å². The smallest absolute Gasteiger partial charge is 0.344 e. The van der Waals surface area contributed by atoms with Crippen LogP contribution in [0.2, 0.25) is 0 Å². The molecule has 1 aliphatic rings. The van der Waals surface area contributed by atoms with Crippen molar-refractivity contribution in [1.82, 2.24) is 5.32 Å². The molecule has 1 atom stereocenters. The Bertz CT molecular complexity index is 485. The number of benzene rings is 1. The third-order valence-electron chi connectivity index (χ3n) is 3.50. The van der Waals surface area contributed by atoms with Crippen LogP contribution in [0.1, 0.15) is 38.2 Å². The van der Waals surface area contributed by atoms with Crippen LogP contribution in [0, 0.1) is 0 Å². The fourth-order valence-electron chi connectivity index (χ4n) is 2.12. The van der Waals surface area contributed by atoms with Crippen molar-refractivity contribution in [2.75, 3.05) is 7.11 Å². The van der Waals surface area contributed by atoms with E-state index in [0.29, 0.717) is 24.0 Å². The van der Waals surface area contributed by atoms with E-state index >= 15 is 0 Å². The summed E-state index contributed by atoms with van der Waals surface area (Å²) in [7, 11) is 1.56. The van der Waals surface area contributed by atoms with E-state index < -0.39 is 12.1 Å². The van der Waals surface area contributed by atoms with E-state index in [1.54, 1.807) is 7.11 Å². The minimum absolute atomic E-state index is 0.475. The van der Waals surface area contributed by atoms with Crippen molar-refractivity contribution in [3.63, 3.8) is 0 Å². The van der Waals surface area contributed by atoms with Gasteiger partial charge in [-0.15, -0.1) is 0 Å². The first-order valence-corrected chi connectivity index (χ1v) is 7.43. The quantitative estimate of drug-likeness (QED) is 0.732. The average molecular weight is 293 g/mol. The van der Waals surface area contributed by atoms with E-state index in [0.717, 1.165) is 18.5 Å². The lowest BCUT2D eigenvalue weighted by Gasteiger charge is -2.17. The third kappa shape index (κ3) is 4.63. The molecule has 5 nitrogen and oxygen atoms in total. The molecule has 0 aliphatic heterocycles. The van der Waals surface area contributed by atoms with Crippen molar-refractivity contribution in [3.05, 3.63) is 23.8 Å². The summed E-state index contributed by atoms with van der Waals surface area (Å²) in [5.41, 5.74) is 1.07. The summed E-state index contributed by atoms with van der Waals surface area (Å²) in [6.07, 6.45) is 2.86. The predicted molar refractivity (Wildman–Crippen MR) is 79.8 cm³/mol. The summed E-state index contributed by atoms with van der Waals surface area (Å²) < 4.78 is 10.9. The van der Waals surface area contributed by atoms with Crippen LogP contribution >= 0.6 is 0 Å². The number of hydrogen-bond donors (Lipinski definition) is 2. The maximum Gasteiger partial charge on any atom is 0.344 e. The average Bonchev–Trinajstić information content (AvgIpc) is 3.29. The molecule has 21 heavy (non-hydrogen) atoms. The fourth-order valence-corrected chi connectivity index (χ4v) is 2.12. The first-order valence-electron chi connectivity index (χ1n) is 7.43. The summed E-state index contributed by atoms with van der Waals surface area (Å²) in [4.78, 5) is 11.2. The normalized spacial score (nSPS) is 15.5. The molecule has 0 bridgehead atoms. The first kappa shape index (κ1) is 15.6. The van der Waals surface area contributed by atoms with E-state index in [1.165, 1.54) is 12.8 Å². The monoisotopic (exact) mass is 293 g/mol. The van der Waals surface area contributed by atoms with Crippen LogP contribution in [0.15, 0.2) is 18.2 Å². The standard InChI is InChI=1S/C16H23NO4/c1-3-4-14(16(18)19)21-15-9-11(5-8-13(15)20-2)10-17-12-6-7-12/h5,8-9,12,14,17H,3-4,6-7,10H2,1-2H3,(H,18,19). The zero-order valence-electron chi connectivity index (χ0n) is 12.6. The topological polar surface area (TPSA) is 67.8 Å². The summed E-state index contributed by atoms with van der Waals surface area (Å²) in [5, 5.41) is 12.6. The van der Waals surface area contributed by atoms with Crippen molar-refractivity contribution in [3.8, 4) is 11.5 Å². The molecule has 0 radical (unpaired) electrons. The van der Waals surface area contributed by atoms with Crippen molar-refractivity contribution in [2.24, 2.45) is 0 Å². The first-order chi connectivity index (χ1) is 10.1. The molecule has 2 N–H and O–H groups in total. The van der Waals surface area contributed by atoms with Crippen LogP contribution in [0.3, 0.4) is 0 Å². The molecule has 1 aromatic carbocycles. The number of aliphatic carboxylic acids is 1. The van der Waals surface area contributed by atoms with Gasteiger partial charge in [-0.25, -0.2) is 4.79 Å². The number of ether oxygens (including phenoxy) is 2. The van der Waals surface area contributed by atoms with Crippen molar-refractivity contribution < 1.29 is 19.4 Å². The van der Waals surface area contributed by atoms with Crippen molar-refractivity contribution >= 4 is 5.97 Å². The van der Waals surface area contributed by atoms with Gasteiger partial charge in [0.25, 0.3) is 0 Å². The van der Waals surface area contributed by atoms with Crippen LogP contribution in [0.4, 0.5) is 0 Å². The number of rotatable bonds is 9. The maximum atomic E-state index is 11.2. The second kappa shape index (κ2) is 7.31. The van der Waals surface area contributed by atoms with Gasteiger partial charge in [0, 0.05) is 12.6 Å². The van der Waals surface area contributed by atoms with Gasteiger partial charge in [0.1, 0.15) is 0 Å². The predicted octanol–water partition coefficient (Wildman–Crippen LogP) is 2.58. The van der Waals surface area contributed by atoms with E-state index in [4.69, 9.17) is 9.47 Å². The molecular weight excluding hydrogens is 270 g/mol. The lowest BCUT2D eigenvalue weighted by Crippen LogP contribution is -2.27. The number of nitrogens with one attached hydrogen (secondary N) is 1. The molecule has 116 valence electrons. The molecule has 1 fully saturated rings. The second-order valence-corrected chi connectivity index (χ2v) is 5.37. The zero-order chi connectivity index (χ0) is 15.2. The van der Waals surface area contributed by atoms with E-state index in [-0.39, 0.29) is 0 Å². The molecule has 2 rings (SSSR count). The summed E-state index contributed by atoms with van der Waals surface area (Å²) in [6.45, 7) is 2.70. The molecule has 1 aliphatic carbocycles. The highest BCUT2D eigenvalue weighted by Gasteiger charge is 2.22. The largest absolute Gasteiger partial charge is 0.493 e. The molecule has 1 unspecified atom stereocenters. The van der Waals surface area contributed by atoms with Gasteiger partial charge in [0.2, 0.25) is 0 Å². The lowest BCUT2D eigenvalue weighted by atomic mass is 10.1. The molecule has 0 heterocycles. The zero-order valence-corrected chi connectivity index (χ0v) is 12.6. The number of carboxylic acids is 1. The maximum absolute atomic E-state index is 11.2.